The molecule has 0 saturated carbocycles. The van der Waals surface area contributed by atoms with Crippen molar-refractivity contribution in [3.63, 3.8) is 0 Å². The van der Waals surface area contributed by atoms with Gasteiger partial charge in [-0.1, -0.05) is 42.6 Å². The molecule has 1 aromatic carbocycles. The van der Waals surface area contributed by atoms with Crippen molar-refractivity contribution in [2.75, 3.05) is 0 Å². The van der Waals surface area contributed by atoms with Crippen LogP contribution in [0.3, 0.4) is 0 Å². The van der Waals surface area contributed by atoms with E-state index in [0.717, 1.165) is 18.4 Å². The van der Waals surface area contributed by atoms with Gasteiger partial charge in [0.1, 0.15) is 10.7 Å². The van der Waals surface area contributed by atoms with Gasteiger partial charge in [0, 0.05) is 12.0 Å². The smallest absolute Gasteiger partial charge is 0.338 e. The Balaban J connectivity index is 2.84. The molecule has 0 radical (unpaired) electrons. The zero-order chi connectivity index (χ0) is 13.6. The van der Waals surface area contributed by atoms with Gasteiger partial charge in [0.2, 0.25) is 0 Å². The highest BCUT2D eigenvalue weighted by molar-refractivity contribution is 7.86. The van der Waals surface area contributed by atoms with Crippen molar-refractivity contribution in [3.8, 4) is 0 Å². The van der Waals surface area contributed by atoms with E-state index >= 15 is 0 Å². The van der Waals surface area contributed by atoms with E-state index in [1.165, 1.54) is 17.7 Å². The lowest BCUT2D eigenvalue weighted by molar-refractivity contribution is 0.387. The molecule has 0 amide bonds. The fraction of sp³-hybridized carbons (Fsp3) is 0.385. The van der Waals surface area contributed by atoms with Gasteiger partial charge < -0.3 is 4.18 Å². The summed E-state index contributed by atoms with van der Waals surface area (Å²) in [5.74, 6) is 0.277. The second-order valence-electron chi connectivity index (χ2n) is 4.03. The molecule has 0 fully saturated rings. The highest BCUT2D eigenvalue weighted by Crippen LogP contribution is 2.20. The lowest BCUT2D eigenvalue weighted by Gasteiger charge is -2.09. The van der Waals surface area contributed by atoms with Crippen LogP contribution in [0.1, 0.15) is 31.7 Å². The van der Waals surface area contributed by atoms with Gasteiger partial charge in [-0.3, -0.25) is 0 Å². The average Bonchev–Trinajstić information content (AvgIpc) is 2.35. The second kappa shape index (κ2) is 6.81. The molecule has 18 heavy (non-hydrogen) atoms. The van der Waals surface area contributed by atoms with Crippen LogP contribution < -0.4 is 0 Å². The third-order valence-electron chi connectivity index (χ3n) is 2.42. The molecular weight excluding hydrogens is 272 g/mol. The van der Waals surface area contributed by atoms with E-state index in [0.29, 0.717) is 6.42 Å². The summed E-state index contributed by atoms with van der Waals surface area (Å²) in [5, 5.41) is 0. The first kappa shape index (κ1) is 15.1. The summed E-state index contributed by atoms with van der Waals surface area (Å²) in [7, 11) is -3.77. The zero-order valence-electron chi connectivity index (χ0n) is 10.5. The van der Waals surface area contributed by atoms with E-state index in [-0.39, 0.29) is 10.7 Å². The standard InChI is InChI=1S/C13H17ClO3S/c1-3-4-5-12(10-14)17-18(15,16)13-8-6-11(2)7-9-13/h6-10H,3-5H2,1-2H3/b12-10+. The van der Waals surface area contributed by atoms with Crippen LogP contribution in [0, 0.1) is 6.92 Å². The van der Waals surface area contributed by atoms with E-state index in [1.54, 1.807) is 12.1 Å². The predicted octanol–water partition coefficient (Wildman–Crippen LogP) is 3.97. The molecular formula is C13H17ClO3S. The van der Waals surface area contributed by atoms with Crippen LogP contribution in [0.5, 0.6) is 0 Å². The topological polar surface area (TPSA) is 43.4 Å². The molecule has 0 aromatic heterocycles. The van der Waals surface area contributed by atoms with Crippen LogP contribution in [0.25, 0.3) is 0 Å². The van der Waals surface area contributed by atoms with Crippen LogP contribution in [0.4, 0.5) is 0 Å². The first-order valence-electron chi connectivity index (χ1n) is 5.80. The van der Waals surface area contributed by atoms with Crippen LogP contribution in [-0.2, 0) is 14.3 Å². The second-order valence-corrected chi connectivity index (χ2v) is 5.79. The molecule has 1 aromatic rings. The van der Waals surface area contributed by atoms with Crippen LogP contribution in [0.15, 0.2) is 40.5 Å². The lowest BCUT2D eigenvalue weighted by atomic mass is 10.2. The maximum absolute atomic E-state index is 12.0. The van der Waals surface area contributed by atoms with Crippen LogP contribution in [-0.4, -0.2) is 8.42 Å². The number of halogens is 1. The third kappa shape index (κ3) is 4.35. The molecule has 5 heteroatoms. The summed E-state index contributed by atoms with van der Waals surface area (Å²) in [6.45, 7) is 3.91. The zero-order valence-corrected chi connectivity index (χ0v) is 12.1. The number of unbranched alkanes of at least 4 members (excludes halogenated alkanes) is 1. The Labute approximate surface area is 114 Å². The molecule has 100 valence electrons. The fourth-order valence-electron chi connectivity index (χ4n) is 1.36. The molecule has 0 aliphatic rings. The third-order valence-corrected chi connectivity index (χ3v) is 3.95. The summed E-state index contributed by atoms with van der Waals surface area (Å²) in [6, 6.07) is 6.51. The Morgan fingerprint density at radius 3 is 2.44 bits per heavy atom. The number of benzene rings is 1. The Morgan fingerprint density at radius 2 is 1.94 bits per heavy atom. The van der Waals surface area contributed by atoms with Crippen molar-refractivity contribution < 1.29 is 12.6 Å². The summed E-state index contributed by atoms with van der Waals surface area (Å²) >= 11 is 5.57. The minimum Gasteiger partial charge on any atom is -0.383 e. The highest BCUT2D eigenvalue weighted by atomic mass is 35.5. The molecule has 0 saturated heterocycles. The Bertz CT molecular complexity index is 504. The normalized spacial score (nSPS) is 12.5. The van der Waals surface area contributed by atoms with Crippen molar-refractivity contribution in [3.05, 3.63) is 41.1 Å². The van der Waals surface area contributed by atoms with Gasteiger partial charge in [-0.15, -0.1) is 0 Å². The molecule has 1 rings (SSSR count). The largest absolute Gasteiger partial charge is 0.383 e. The van der Waals surface area contributed by atoms with E-state index < -0.39 is 10.1 Å². The van der Waals surface area contributed by atoms with Gasteiger partial charge in [0.15, 0.2) is 0 Å². The molecule has 0 spiro atoms. The number of allylic oxidation sites excluding steroid dienone is 1. The summed E-state index contributed by atoms with van der Waals surface area (Å²) in [6.07, 6.45) is 2.30. The summed E-state index contributed by atoms with van der Waals surface area (Å²) in [5.41, 5.74) is 2.18. The first-order chi connectivity index (χ1) is 8.49. The van der Waals surface area contributed by atoms with Gasteiger partial charge in [0.05, 0.1) is 0 Å². The molecule has 0 atom stereocenters. The Kier molecular flexibility index (Phi) is 5.69. The van der Waals surface area contributed by atoms with Crippen LogP contribution >= 0.6 is 11.6 Å². The summed E-state index contributed by atoms with van der Waals surface area (Å²) < 4.78 is 28.9. The van der Waals surface area contributed by atoms with Crippen molar-refractivity contribution in [1.82, 2.24) is 0 Å². The van der Waals surface area contributed by atoms with Gasteiger partial charge in [-0.05, 0) is 25.5 Å². The molecule has 0 aliphatic heterocycles. The minimum absolute atomic E-state index is 0.139. The predicted molar refractivity (Wildman–Crippen MR) is 72.9 cm³/mol. The molecule has 0 N–H and O–H groups in total. The fourth-order valence-corrected chi connectivity index (χ4v) is 2.54. The van der Waals surface area contributed by atoms with Crippen molar-refractivity contribution in [2.24, 2.45) is 0 Å². The number of rotatable bonds is 6. The molecule has 0 unspecified atom stereocenters. The molecule has 0 bridgehead atoms. The van der Waals surface area contributed by atoms with Crippen molar-refractivity contribution in [2.45, 2.75) is 38.0 Å². The maximum Gasteiger partial charge on any atom is 0.338 e. The Hall–Kier alpha value is -1.00. The number of hydrogen-bond acceptors (Lipinski definition) is 3. The number of aryl methyl sites for hydroxylation is 1. The SMILES string of the molecule is CCCC/C(=C\Cl)OS(=O)(=O)c1ccc(C)cc1. The lowest BCUT2D eigenvalue weighted by Crippen LogP contribution is -2.06. The van der Waals surface area contributed by atoms with Crippen LogP contribution in [0.2, 0.25) is 0 Å². The van der Waals surface area contributed by atoms with Gasteiger partial charge in [0.25, 0.3) is 0 Å². The summed E-state index contributed by atoms with van der Waals surface area (Å²) in [4.78, 5) is 0.139. The Morgan fingerprint density at radius 1 is 1.33 bits per heavy atom. The maximum atomic E-state index is 12.0. The average molecular weight is 289 g/mol. The number of hydrogen-bond donors (Lipinski definition) is 0. The van der Waals surface area contributed by atoms with E-state index in [1.807, 2.05) is 13.8 Å². The first-order valence-corrected chi connectivity index (χ1v) is 7.64. The van der Waals surface area contributed by atoms with Gasteiger partial charge >= 0.3 is 10.1 Å². The molecule has 0 heterocycles. The van der Waals surface area contributed by atoms with Crippen molar-refractivity contribution >= 4 is 21.7 Å². The molecule has 0 aliphatic carbocycles. The monoisotopic (exact) mass is 288 g/mol. The highest BCUT2D eigenvalue weighted by Gasteiger charge is 2.17. The van der Waals surface area contributed by atoms with Gasteiger partial charge in [-0.2, -0.15) is 8.42 Å². The molecule has 3 nitrogen and oxygen atoms in total. The van der Waals surface area contributed by atoms with Gasteiger partial charge in [-0.25, -0.2) is 0 Å². The quantitative estimate of drug-likeness (QED) is 0.587. The minimum atomic E-state index is -3.77. The van der Waals surface area contributed by atoms with E-state index in [9.17, 15) is 8.42 Å². The van der Waals surface area contributed by atoms with E-state index in [4.69, 9.17) is 15.8 Å². The van der Waals surface area contributed by atoms with Crippen molar-refractivity contribution in [1.29, 1.82) is 0 Å². The van der Waals surface area contributed by atoms with E-state index in [2.05, 4.69) is 0 Å².